The van der Waals surface area contributed by atoms with Gasteiger partial charge >= 0.3 is 6.36 Å². The van der Waals surface area contributed by atoms with Crippen LogP contribution >= 0.6 is 0 Å². The lowest BCUT2D eigenvalue weighted by molar-refractivity contribution is -0.275. The number of pyridine rings is 1. The number of methoxy groups -OCH3 is 1. The van der Waals surface area contributed by atoms with Crippen molar-refractivity contribution in [1.82, 2.24) is 4.98 Å². The highest BCUT2D eigenvalue weighted by atomic mass is 19.4. The Labute approximate surface area is 87.4 Å². The average molecular weight is 239 g/mol. The van der Waals surface area contributed by atoms with Crippen molar-refractivity contribution in [1.29, 1.82) is 0 Å². The van der Waals surface area contributed by atoms with Crippen molar-refractivity contribution in [3.8, 4) is 11.6 Å². The summed E-state index contributed by atoms with van der Waals surface area (Å²) in [6.07, 6.45) is -4.94. The van der Waals surface area contributed by atoms with Crippen LogP contribution in [0.5, 0.6) is 11.6 Å². The monoisotopic (exact) mass is 239 g/mol. The number of aromatic amines is 1. The molecule has 1 aromatic rings. The second-order valence-electron chi connectivity index (χ2n) is 2.72. The summed E-state index contributed by atoms with van der Waals surface area (Å²) < 4.78 is 44.1. The molecule has 2 N–H and O–H groups in total. The minimum atomic E-state index is -4.94. The Kier molecular flexibility index (Phi) is 3.43. The average Bonchev–Trinajstić information content (AvgIpc) is 2.14. The van der Waals surface area contributed by atoms with E-state index in [0.29, 0.717) is 0 Å². The Morgan fingerprint density at radius 2 is 2.12 bits per heavy atom. The van der Waals surface area contributed by atoms with Crippen molar-refractivity contribution in [2.75, 3.05) is 7.11 Å². The number of aliphatic hydroxyl groups excluding tert-OH is 1. The number of aliphatic hydroxyl groups is 1. The first-order valence-electron chi connectivity index (χ1n) is 4.04. The largest absolute Gasteiger partial charge is 0.573 e. The van der Waals surface area contributed by atoms with Crippen LogP contribution in [0, 0.1) is 0 Å². The lowest BCUT2D eigenvalue weighted by atomic mass is 10.2. The molecule has 0 atom stereocenters. The van der Waals surface area contributed by atoms with Crippen LogP contribution in [0.2, 0.25) is 0 Å². The molecular formula is C8H8F3NO4. The number of rotatable bonds is 3. The van der Waals surface area contributed by atoms with E-state index in [-0.39, 0.29) is 5.88 Å². The zero-order valence-electron chi connectivity index (χ0n) is 8.09. The van der Waals surface area contributed by atoms with Crippen LogP contribution < -0.4 is 15.0 Å². The number of ether oxygens (including phenoxy) is 2. The van der Waals surface area contributed by atoms with E-state index in [2.05, 4.69) is 14.5 Å². The number of hydrogen-bond donors (Lipinski definition) is 2. The quantitative estimate of drug-likeness (QED) is 0.817. The third-order valence-electron chi connectivity index (χ3n) is 1.67. The topological polar surface area (TPSA) is 71.5 Å². The van der Waals surface area contributed by atoms with Crippen molar-refractivity contribution in [2.24, 2.45) is 0 Å². The van der Waals surface area contributed by atoms with E-state index in [4.69, 9.17) is 5.11 Å². The molecule has 90 valence electrons. The van der Waals surface area contributed by atoms with Gasteiger partial charge in [-0.3, -0.25) is 9.78 Å². The lowest BCUT2D eigenvalue weighted by Crippen LogP contribution is -2.22. The van der Waals surface area contributed by atoms with E-state index >= 15 is 0 Å². The molecule has 0 aromatic carbocycles. The molecule has 0 radical (unpaired) electrons. The smallest absolute Gasteiger partial charge is 0.482 e. The number of nitrogens with one attached hydrogen (secondary N) is 1. The molecule has 0 saturated heterocycles. The van der Waals surface area contributed by atoms with Crippen LogP contribution in [0.25, 0.3) is 0 Å². The fourth-order valence-corrected chi connectivity index (χ4v) is 1.02. The maximum Gasteiger partial charge on any atom is 0.573 e. The standard InChI is InChI=1S/C8H8F3NO4/c1-15-6-2-5(16-8(9,10)11)4(3-13)7(14)12-6/h2,13H,3H2,1H3,(H,12,14). The normalized spacial score (nSPS) is 11.3. The highest BCUT2D eigenvalue weighted by Gasteiger charge is 2.32. The van der Waals surface area contributed by atoms with Gasteiger partial charge in [0.2, 0.25) is 0 Å². The number of halogens is 3. The number of aromatic nitrogens is 1. The van der Waals surface area contributed by atoms with Gasteiger partial charge in [-0.05, 0) is 0 Å². The lowest BCUT2D eigenvalue weighted by Gasteiger charge is -2.12. The van der Waals surface area contributed by atoms with Gasteiger partial charge in [0.15, 0.2) is 5.88 Å². The van der Waals surface area contributed by atoms with Crippen LogP contribution in [-0.2, 0) is 6.61 Å². The summed E-state index contributed by atoms with van der Waals surface area (Å²) in [6.45, 7) is -0.870. The van der Waals surface area contributed by atoms with E-state index < -0.39 is 29.8 Å². The molecule has 0 aliphatic rings. The molecule has 0 aliphatic heterocycles. The van der Waals surface area contributed by atoms with Gasteiger partial charge in [-0.2, -0.15) is 0 Å². The molecule has 0 fully saturated rings. The van der Waals surface area contributed by atoms with E-state index in [1.54, 1.807) is 0 Å². The van der Waals surface area contributed by atoms with Crippen molar-refractivity contribution < 1.29 is 27.8 Å². The molecule has 16 heavy (non-hydrogen) atoms. The van der Waals surface area contributed by atoms with Crippen LogP contribution in [0.3, 0.4) is 0 Å². The fraction of sp³-hybridized carbons (Fsp3) is 0.375. The Balaban J connectivity index is 3.23. The first kappa shape index (κ1) is 12.4. The van der Waals surface area contributed by atoms with Crippen molar-refractivity contribution in [3.05, 3.63) is 22.0 Å². The summed E-state index contributed by atoms with van der Waals surface area (Å²) in [6, 6.07) is 0.834. The van der Waals surface area contributed by atoms with Crippen LogP contribution in [-0.4, -0.2) is 23.6 Å². The molecule has 0 amide bonds. The third kappa shape index (κ3) is 2.89. The Morgan fingerprint density at radius 1 is 1.50 bits per heavy atom. The van der Waals surface area contributed by atoms with E-state index in [1.165, 1.54) is 7.11 Å². The maximum atomic E-state index is 12.0. The van der Waals surface area contributed by atoms with Gasteiger partial charge in [0, 0.05) is 6.07 Å². The zero-order chi connectivity index (χ0) is 12.3. The van der Waals surface area contributed by atoms with Crippen LogP contribution in [0.1, 0.15) is 5.56 Å². The Morgan fingerprint density at radius 3 is 2.56 bits per heavy atom. The Hall–Kier alpha value is -1.70. The third-order valence-corrected chi connectivity index (χ3v) is 1.67. The van der Waals surface area contributed by atoms with E-state index in [0.717, 1.165) is 6.07 Å². The SMILES string of the molecule is COc1cc(OC(F)(F)F)c(CO)c(=O)[nH]1. The molecule has 0 bridgehead atoms. The van der Waals surface area contributed by atoms with Gasteiger partial charge in [0.25, 0.3) is 5.56 Å². The van der Waals surface area contributed by atoms with Gasteiger partial charge < -0.3 is 14.6 Å². The molecule has 5 nitrogen and oxygen atoms in total. The second-order valence-corrected chi connectivity index (χ2v) is 2.72. The molecule has 0 unspecified atom stereocenters. The van der Waals surface area contributed by atoms with Crippen LogP contribution in [0.4, 0.5) is 13.2 Å². The van der Waals surface area contributed by atoms with Crippen molar-refractivity contribution in [3.63, 3.8) is 0 Å². The molecule has 1 heterocycles. The second kappa shape index (κ2) is 4.44. The zero-order valence-corrected chi connectivity index (χ0v) is 8.09. The molecule has 8 heteroatoms. The predicted octanol–water partition coefficient (Wildman–Crippen LogP) is 0.774. The summed E-state index contributed by atoms with van der Waals surface area (Å²) in [5, 5.41) is 8.75. The summed E-state index contributed by atoms with van der Waals surface area (Å²) >= 11 is 0. The van der Waals surface area contributed by atoms with Gasteiger partial charge in [-0.15, -0.1) is 13.2 Å². The first-order chi connectivity index (χ1) is 7.37. The molecule has 0 saturated carbocycles. The molecule has 0 spiro atoms. The summed E-state index contributed by atoms with van der Waals surface area (Å²) in [5.41, 5.74) is -1.42. The Bertz CT molecular complexity index is 426. The van der Waals surface area contributed by atoms with Gasteiger partial charge in [0.1, 0.15) is 5.75 Å². The summed E-state index contributed by atoms with van der Waals surface area (Å²) in [5.74, 6) is -0.975. The molecular weight excluding hydrogens is 231 g/mol. The van der Waals surface area contributed by atoms with Crippen molar-refractivity contribution in [2.45, 2.75) is 13.0 Å². The summed E-state index contributed by atoms with van der Waals surface area (Å²) in [7, 11) is 1.17. The minimum Gasteiger partial charge on any atom is -0.482 e. The number of alkyl halides is 3. The maximum absolute atomic E-state index is 12.0. The van der Waals surface area contributed by atoms with Gasteiger partial charge in [0.05, 0.1) is 19.3 Å². The first-order valence-corrected chi connectivity index (χ1v) is 4.04. The highest BCUT2D eigenvalue weighted by Crippen LogP contribution is 2.26. The van der Waals surface area contributed by atoms with Gasteiger partial charge in [-0.1, -0.05) is 0 Å². The van der Waals surface area contributed by atoms with Crippen LogP contribution in [0.15, 0.2) is 10.9 Å². The molecule has 0 aliphatic carbocycles. The van der Waals surface area contributed by atoms with E-state index in [9.17, 15) is 18.0 Å². The highest BCUT2D eigenvalue weighted by molar-refractivity contribution is 5.35. The molecule has 1 aromatic heterocycles. The van der Waals surface area contributed by atoms with E-state index in [1.807, 2.05) is 0 Å². The summed E-state index contributed by atoms with van der Waals surface area (Å²) in [4.78, 5) is 13.3. The number of hydrogen-bond acceptors (Lipinski definition) is 4. The van der Waals surface area contributed by atoms with Crippen molar-refractivity contribution >= 4 is 0 Å². The predicted molar refractivity (Wildman–Crippen MR) is 46.2 cm³/mol. The number of H-pyrrole nitrogens is 1. The van der Waals surface area contributed by atoms with Gasteiger partial charge in [-0.25, -0.2) is 0 Å². The molecule has 1 rings (SSSR count). The fourth-order valence-electron chi connectivity index (χ4n) is 1.02. The minimum absolute atomic E-state index is 0.193.